The average Bonchev–Trinajstić information content (AvgIpc) is 2.83. The number of thiazole rings is 1. The van der Waals surface area contributed by atoms with Gasteiger partial charge in [-0.15, -0.1) is 11.3 Å². The molecule has 1 aliphatic carbocycles. The minimum absolute atomic E-state index is 0.426. The normalized spacial score (nSPS) is 25.1. The van der Waals surface area contributed by atoms with Gasteiger partial charge in [0.25, 0.3) is 0 Å². The summed E-state index contributed by atoms with van der Waals surface area (Å²) in [4.78, 5) is 4.45. The summed E-state index contributed by atoms with van der Waals surface area (Å²) in [6, 6.07) is 0.426. The number of aryl methyl sites for hydroxylation is 1. The first kappa shape index (κ1) is 12.0. The van der Waals surface area contributed by atoms with E-state index in [-0.39, 0.29) is 0 Å². The smallest absolute Gasteiger partial charge is 0.0940 e. The number of hydrogen-bond acceptors (Lipinski definition) is 4. The van der Waals surface area contributed by atoms with Crippen LogP contribution in [0.3, 0.4) is 0 Å². The van der Waals surface area contributed by atoms with E-state index in [0.717, 1.165) is 25.2 Å². The van der Waals surface area contributed by atoms with Crippen LogP contribution in [-0.4, -0.2) is 24.1 Å². The van der Waals surface area contributed by atoms with Crippen LogP contribution in [0.2, 0.25) is 0 Å². The molecule has 1 saturated carbocycles. The molecule has 3 N–H and O–H groups in total. The first-order valence-corrected chi connectivity index (χ1v) is 7.01. The molecule has 16 heavy (non-hydrogen) atoms. The second kappa shape index (κ2) is 5.75. The maximum atomic E-state index is 6.03. The van der Waals surface area contributed by atoms with E-state index in [1.807, 2.05) is 6.92 Å². The molecule has 1 aromatic heterocycles. The number of nitrogens with two attached hydrogens (primary N) is 1. The van der Waals surface area contributed by atoms with Crippen LogP contribution in [0.15, 0.2) is 5.38 Å². The third kappa shape index (κ3) is 3.27. The molecule has 0 bridgehead atoms. The van der Waals surface area contributed by atoms with E-state index in [0.29, 0.717) is 12.0 Å². The van der Waals surface area contributed by atoms with Crippen LogP contribution in [0.25, 0.3) is 0 Å². The van der Waals surface area contributed by atoms with E-state index in [4.69, 9.17) is 5.73 Å². The SMILES string of the molecule is Cc1csc(CCNCC2CCCC2N)n1. The summed E-state index contributed by atoms with van der Waals surface area (Å²) in [6.45, 7) is 4.15. The minimum atomic E-state index is 0.426. The molecule has 0 radical (unpaired) electrons. The highest BCUT2D eigenvalue weighted by molar-refractivity contribution is 7.09. The number of aromatic nitrogens is 1. The van der Waals surface area contributed by atoms with E-state index in [1.165, 1.54) is 24.3 Å². The summed E-state index contributed by atoms with van der Waals surface area (Å²) in [5, 5.41) is 6.85. The van der Waals surface area contributed by atoms with Crippen molar-refractivity contribution in [1.29, 1.82) is 0 Å². The zero-order valence-corrected chi connectivity index (χ0v) is 10.7. The molecule has 2 atom stereocenters. The molecule has 3 nitrogen and oxygen atoms in total. The Morgan fingerprint density at radius 3 is 3.06 bits per heavy atom. The van der Waals surface area contributed by atoms with Crippen LogP contribution in [0.1, 0.15) is 30.0 Å². The average molecular weight is 239 g/mol. The second-order valence-electron chi connectivity index (χ2n) is 4.69. The monoisotopic (exact) mass is 239 g/mol. The lowest BCUT2D eigenvalue weighted by molar-refractivity contribution is 0.444. The van der Waals surface area contributed by atoms with Gasteiger partial charge in [-0.1, -0.05) is 6.42 Å². The third-order valence-electron chi connectivity index (χ3n) is 3.31. The first-order valence-electron chi connectivity index (χ1n) is 6.13. The standard InChI is InChI=1S/C12H21N3S/c1-9-8-16-12(15-9)5-6-14-7-10-3-2-4-11(10)13/h8,10-11,14H,2-7,13H2,1H3. The number of nitrogens with one attached hydrogen (secondary N) is 1. The molecule has 0 amide bonds. The molecule has 2 unspecified atom stereocenters. The molecule has 0 aliphatic heterocycles. The predicted molar refractivity (Wildman–Crippen MR) is 68.7 cm³/mol. The highest BCUT2D eigenvalue weighted by Gasteiger charge is 2.22. The van der Waals surface area contributed by atoms with Crippen LogP contribution < -0.4 is 11.1 Å². The van der Waals surface area contributed by atoms with Crippen molar-refractivity contribution < 1.29 is 0 Å². The van der Waals surface area contributed by atoms with Crippen molar-refractivity contribution >= 4 is 11.3 Å². The van der Waals surface area contributed by atoms with Crippen molar-refractivity contribution in [1.82, 2.24) is 10.3 Å². The molecule has 1 aliphatic rings. The van der Waals surface area contributed by atoms with Crippen LogP contribution in [-0.2, 0) is 6.42 Å². The Hall–Kier alpha value is -0.450. The van der Waals surface area contributed by atoms with E-state index < -0.39 is 0 Å². The lowest BCUT2D eigenvalue weighted by atomic mass is 10.1. The first-order chi connectivity index (χ1) is 7.75. The summed E-state index contributed by atoms with van der Waals surface area (Å²) >= 11 is 1.76. The molecule has 1 fully saturated rings. The topological polar surface area (TPSA) is 50.9 Å². The number of rotatable bonds is 5. The summed E-state index contributed by atoms with van der Waals surface area (Å²) in [5.74, 6) is 0.693. The van der Waals surface area contributed by atoms with Gasteiger partial charge in [0.2, 0.25) is 0 Å². The Kier molecular flexibility index (Phi) is 4.32. The van der Waals surface area contributed by atoms with E-state index in [9.17, 15) is 0 Å². The van der Waals surface area contributed by atoms with Gasteiger partial charge >= 0.3 is 0 Å². The van der Waals surface area contributed by atoms with Gasteiger partial charge in [0.05, 0.1) is 5.01 Å². The lowest BCUT2D eigenvalue weighted by Gasteiger charge is -2.15. The predicted octanol–water partition coefficient (Wildman–Crippen LogP) is 1.71. The van der Waals surface area contributed by atoms with Crippen LogP contribution in [0, 0.1) is 12.8 Å². The number of hydrogen-bond donors (Lipinski definition) is 2. The van der Waals surface area contributed by atoms with Crippen LogP contribution in [0.4, 0.5) is 0 Å². The Balaban J connectivity index is 1.61. The Bertz CT molecular complexity index is 324. The van der Waals surface area contributed by atoms with Gasteiger partial charge in [-0.3, -0.25) is 0 Å². The fourth-order valence-corrected chi connectivity index (χ4v) is 3.10. The molecule has 0 spiro atoms. The Morgan fingerprint density at radius 2 is 2.44 bits per heavy atom. The molecular weight excluding hydrogens is 218 g/mol. The summed E-state index contributed by atoms with van der Waals surface area (Å²) < 4.78 is 0. The van der Waals surface area contributed by atoms with Gasteiger partial charge in [-0.2, -0.15) is 0 Å². The third-order valence-corrected chi connectivity index (χ3v) is 4.33. The van der Waals surface area contributed by atoms with Gasteiger partial charge in [-0.25, -0.2) is 4.98 Å². The summed E-state index contributed by atoms with van der Waals surface area (Å²) in [6.07, 6.45) is 4.85. The van der Waals surface area contributed by atoms with Crippen LogP contribution >= 0.6 is 11.3 Å². The maximum Gasteiger partial charge on any atom is 0.0940 e. The maximum absolute atomic E-state index is 6.03. The highest BCUT2D eigenvalue weighted by Crippen LogP contribution is 2.22. The van der Waals surface area contributed by atoms with Gasteiger partial charge in [-0.05, 0) is 32.2 Å². The van der Waals surface area contributed by atoms with Gasteiger partial charge < -0.3 is 11.1 Å². The van der Waals surface area contributed by atoms with Gasteiger partial charge in [0.1, 0.15) is 0 Å². The summed E-state index contributed by atoms with van der Waals surface area (Å²) in [7, 11) is 0. The summed E-state index contributed by atoms with van der Waals surface area (Å²) in [5.41, 5.74) is 7.16. The minimum Gasteiger partial charge on any atom is -0.327 e. The molecule has 2 rings (SSSR count). The molecule has 90 valence electrons. The van der Waals surface area contributed by atoms with Crippen molar-refractivity contribution in [2.24, 2.45) is 11.7 Å². The van der Waals surface area contributed by atoms with Crippen molar-refractivity contribution in [3.63, 3.8) is 0 Å². The fourth-order valence-electron chi connectivity index (χ4n) is 2.32. The van der Waals surface area contributed by atoms with Crippen molar-refractivity contribution in [3.05, 3.63) is 16.1 Å². The molecular formula is C12H21N3S. The molecule has 0 saturated heterocycles. The zero-order chi connectivity index (χ0) is 11.4. The van der Waals surface area contributed by atoms with Gasteiger partial charge in [0, 0.05) is 30.1 Å². The Morgan fingerprint density at radius 1 is 1.56 bits per heavy atom. The molecule has 0 aromatic carbocycles. The second-order valence-corrected chi connectivity index (χ2v) is 5.63. The van der Waals surface area contributed by atoms with E-state index in [1.54, 1.807) is 11.3 Å². The molecule has 4 heteroatoms. The molecule has 1 heterocycles. The highest BCUT2D eigenvalue weighted by atomic mass is 32.1. The quantitative estimate of drug-likeness (QED) is 0.769. The molecule has 1 aromatic rings. The van der Waals surface area contributed by atoms with Crippen LogP contribution in [0.5, 0.6) is 0 Å². The largest absolute Gasteiger partial charge is 0.327 e. The lowest BCUT2D eigenvalue weighted by Crippen LogP contribution is -2.33. The number of nitrogens with zero attached hydrogens (tertiary/aromatic N) is 1. The van der Waals surface area contributed by atoms with Crippen molar-refractivity contribution in [2.75, 3.05) is 13.1 Å². The van der Waals surface area contributed by atoms with E-state index in [2.05, 4.69) is 15.7 Å². The van der Waals surface area contributed by atoms with E-state index >= 15 is 0 Å². The Labute approximate surface area is 101 Å². The zero-order valence-electron chi connectivity index (χ0n) is 9.91. The fraction of sp³-hybridized carbons (Fsp3) is 0.750. The van der Waals surface area contributed by atoms with Crippen molar-refractivity contribution in [2.45, 2.75) is 38.6 Å². The van der Waals surface area contributed by atoms with Gasteiger partial charge in [0.15, 0.2) is 0 Å². The van der Waals surface area contributed by atoms with Crippen molar-refractivity contribution in [3.8, 4) is 0 Å².